The van der Waals surface area contributed by atoms with Crippen molar-refractivity contribution in [3.05, 3.63) is 42.1 Å². The number of para-hydroxylation sites is 1. The molecule has 1 aliphatic rings. The quantitative estimate of drug-likeness (QED) is 0.907. The average Bonchev–Trinajstić information content (AvgIpc) is 2.51. The number of hydrogen-bond donors (Lipinski definition) is 1. The van der Waals surface area contributed by atoms with E-state index in [4.69, 9.17) is 10.7 Å². The summed E-state index contributed by atoms with van der Waals surface area (Å²) in [6, 6.07) is 13.1. The van der Waals surface area contributed by atoms with Gasteiger partial charge in [0, 0.05) is 17.1 Å². The highest BCUT2D eigenvalue weighted by Crippen LogP contribution is 2.33. The van der Waals surface area contributed by atoms with Gasteiger partial charge in [-0.15, -0.1) is 0 Å². The number of benzene rings is 1. The Kier molecular flexibility index (Phi) is 4.54. The zero-order valence-corrected chi connectivity index (χ0v) is 13.0. The van der Waals surface area contributed by atoms with Crippen LogP contribution in [0.3, 0.4) is 0 Å². The van der Waals surface area contributed by atoms with E-state index in [-0.39, 0.29) is 0 Å². The van der Waals surface area contributed by atoms with Crippen molar-refractivity contribution in [2.45, 2.75) is 51.5 Å². The molecule has 3 atom stereocenters. The lowest BCUT2D eigenvalue weighted by molar-refractivity contribution is 0.220. The first-order valence-corrected chi connectivity index (χ1v) is 8.36. The topological polar surface area (TPSA) is 38.9 Å². The molecule has 0 radical (unpaired) electrons. The molecule has 2 nitrogen and oxygen atoms in total. The second kappa shape index (κ2) is 6.57. The lowest BCUT2D eigenvalue weighted by Gasteiger charge is -2.34. The zero-order valence-electron chi connectivity index (χ0n) is 13.0. The molecule has 112 valence electrons. The summed E-state index contributed by atoms with van der Waals surface area (Å²) in [6.45, 7) is 2.29. The average molecular weight is 282 g/mol. The molecule has 0 amide bonds. The Morgan fingerprint density at radius 3 is 2.86 bits per heavy atom. The Morgan fingerprint density at radius 2 is 2.00 bits per heavy atom. The summed E-state index contributed by atoms with van der Waals surface area (Å²) in [4.78, 5) is 4.82. The normalized spacial score (nSPS) is 26.1. The zero-order chi connectivity index (χ0) is 14.7. The van der Waals surface area contributed by atoms with Gasteiger partial charge in [-0.25, -0.2) is 0 Å². The smallest absolute Gasteiger partial charge is 0.0705 e. The minimum Gasteiger partial charge on any atom is -0.327 e. The fraction of sp³-hybridized carbons (Fsp3) is 0.526. The van der Waals surface area contributed by atoms with Crippen LogP contribution in [0.25, 0.3) is 10.9 Å². The molecule has 3 rings (SSSR count). The highest BCUT2D eigenvalue weighted by molar-refractivity contribution is 5.78. The third-order valence-corrected chi connectivity index (χ3v) is 4.97. The number of pyridine rings is 1. The molecule has 0 saturated heterocycles. The van der Waals surface area contributed by atoms with Crippen LogP contribution in [-0.2, 0) is 6.42 Å². The molecule has 2 aromatic rings. The van der Waals surface area contributed by atoms with Gasteiger partial charge in [-0.3, -0.25) is 4.98 Å². The van der Waals surface area contributed by atoms with Crippen molar-refractivity contribution in [2.24, 2.45) is 17.6 Å². The molecule has 21 heavy (non-hydrogen) atoms. The van der Waals surface area contributed by atoms with E-state index in [2.05, 4.69) is 43.3 Å². The fourth-order valence-electron chi connectivity index (χ4n) is 3.78. The van der Waals surface area contributed by atoms with Crippen molar-refractivity contribution < 1.29 is 0 Å². The number of nitrogens with two attached hydrogens (primary N) is 1. The van der Waals surface area contributed by atoms with Crippen LogP contribution >= 0.6 is 0 Å². The third kappa shape index (κ3) is 3.44. The van der Waals surface area contributed by atoms with E-state index in [1.807, 2.05) is 0 Å². The Morgan fingerprint density at radius 1 is 1.14 bits per heavy atom. The molecule has 2 N–H and O–H groups in total. The van der Waals surface area contributed by atoms with Gasteiger partial charge in [0.05, 0.1) is 5.52 Å². The lowest BCUT2D eigenvalue weighted by Crippen LogP contribution is -2.37. The molecule has 0 aliphatic heterocycles. The molecule has 3 unspecified atom stereocenters. The van der Waals surface area contributed by atoms with Crippen molar-refractivity contribution in [2.75, 3.05) is 0 Å². The maximum absolute atomic E-state index is 6.37. The fourth-order valence-corrected chi connectivity index (χ4v) is 3.78. The summed E-state index contributed by atoms with van der Waals surface area (Å²) in [6.07, 6.45) is 7.46. The maximum Gasteiger partial charge on any atom is 0.0705 e. The SMILES string of the molecule is CCCC1CCC(N)C(Cc2ccc3ccccc3n2)C1. The third-order valence-electron chi connectivity index (χ3n) is 4.97. The van der Waals surface area contributed by atoms with Gasteiger partial charge >= 0.3 is 0 Å². The second-order valence-corrected chi connectivity index (χ2v) is 6.59. The number of nitrogens with zero attached hydrogens (tertiary/aromatic N) is 1. The predicted octanol–water partition coefficient (Wildman–Crippen LogP) is 4.32. The van der Waals surface area contributed by atoms with E-state index < -0.39 is 0 Å². The number of fused-ring (bicyclic) bond motifs is 1. The maximum atomic E-state index is 6.37. The largest absolute Gasteiger partial charge is 0.327 e. The van der Waals surface area contributed by atoms with Gasteiger partial charge in [0.1, 0.15) is 0 Å². The predicted molar refractivity (Wildman–Crippen MR) is 89.2 cm³/mol. The van der Waals surface area contributed by atoms with E-state index in [0.29, 0.717) is 12.0 Å². The molecular weight excluding hydrogens is 256 g/mol. The molecule has 2 heteroatoms. The van der Waals surface area contributed by atoms with Gasteiger partial charge in [-0.2, -0.15) is 0 Å². The Hall–Kier alpha value is -1.41. The molecular formula is C19H26N2. The molecule has 1 aromatic carbocycles. The van der Waals surface area contributed by atoms with Crippen molar-refractivity contribution in [1.29, 1.82) is 0 Å². The van der Waals surface area contributed by atoms with Crippen LogP contribution in [-0.4, -0.2) is 11.0 Å². The van der Waals surface area contributed by atoms with Crippen LogP contribution in [0.4, 0.5) is 0 Å². The van der Waals surface area contributed by atoms with E-state index >= 15 is 0 Å². The van der Waals surface area contributed by atoms with E-state index in [0.717, 1.165) is 17.9 Å². The molecule has 0 bridgehead atoms. The highest BCUT2D eigenvalue weighted by Gasteiger charge is 2.28. The molecule has 1 saturated carbocycles. The summed E-state index contributed by atoms with van der Waals surface area (Å²) in [5.41, 5.74) is 8.67. The number of aromatic nitrogens is 1. The van der Waals surface area contributed by atoms with Crippen LogP contribution in [0, 0.1) is 11.8 Å². The van der Waals surface area contributed by atoms with Crippen LogP contribution in [0.2, 0.25) is 0 Å². The summed E-state index contributed by atoms with van der Waals surface area (Å²) in [7, 11) is 0. The van der Waals surface area contributed by atoms with Gasteiger partial charge < -0.3 is 5.73 Å². The number of hydrogen-bond acceptors (Lipinski definition) is 2. The van der Waals surface area contributed by atoms with Crippen molar-refractivity contribution >= 4 is 10.9 Å². The summed E-state index contributed by atoms with van der Waals surface area (Å²) in [5.74, 6) is 1.48. The molecule has 1 aromatic heterocycles. The van der Waals surface area contributed by atoms with Crippen LogP contribution in [0.1, 0.15) is 44.7 Å². The Labute approximate surface area is 127 Å². The van der Waals surface area contributed by atoms with Gasteiger partial charge in [0.25, 0.3) is 0 Å². The summed E-state index contributed by atoms with van der Waals surface area (Å²) >= 11 is 0. The monoisotopic (exact) mass is 282 g/mol. The van der Waals surface area contributed by atoms with Crippen LogP contribution in [0.15, 0.2) is 36.4 Å². The van der Waals surface area contributed by atoms with Gasteiger partial charge in [-0.1, -0.05) is 44.0 Å². The lowest BCUT2D eigenvalue weighted by atomic mass is 9.75. The Bertz CT molecular complexity index is 593. The molecule has 0 spiro atoms. The second-order valence-electron chi connectivity index (χ2n) is 6.59. The first kappa shape index (κ1) is 14.5. The number of rotatable bonds is 4. The molecule has 1 heterocycles. The summed E-state index contributed by atoms with van der Waals surface area (Å²) < 4.78 is 0. The standard InChI is InChI=1S/C19H26N2/c1-2-5-14-8-11-18(20)16(12-14)13-17-10-9-15-6-3-4-7-19(15)21-17/h3-4,6-7,9-10,14,16,18H,2,5,8,11-13,20H2,1H3. The van der Waals surface area contributed by atoms with Gasteiger partial charge in [-0.05, 0) is 49.7 Å². The van der Waals surface area contributed by atoms with Crippen LogP contribution < -0.4 is 5.73 Å². The van der Waals surface area contributed by atoms with Crippen molar-refractivity contribution in [1.82, 2.24) is 4.98 Å². The van der Waals surface area contributed by atoms with E-state index in [9.17, 15) is 0 Å². The van der Waals surface area contributed by atoms with E-state index in [1.165, 1.54) is 43.2 Å². The van der Waals surface area contributed by atoms with Gasteiger partial charge in [0.2, 0.25) is 0 Å². The minimum atomic E-state index is 0.353. The van der Waals surface area contributed by atoms with Crippen molar-refractivity contribution in [3.63, 3.8) is 0 Å². The van der Waals surface area contributed by atoms with E-state index in [1.54, 1.807) is 0 Å². The highest BCUT2D eigenvalue weighted by atomic mass is 14.7. The minimum absolute atomic E-state index is 0.353. The van der Waals surface area contributed by atoms with Crippen LogP contribution in [0.5, 0.6) is 0 Å². The first-order chi connectivity index (χ1) is 10.3. The summed E-state index contributed by atoms with van der Waals surface area (Å²) in [5, 5.41) is 1.22. The molecule has 1 aliphatic carbocycles. The first-order valence-electron chi connectivity index (χ1n) is 8.36. The van der Waals surface area contributed by atoms with Gasteiger partial charge in [0.15, 0.2) is 0 Å². The van der Waals surface area contributed by atoms with Crippen molar-refractivity contribution in [3.8, 4) is 0 Å². The Balaban J connectivity index is 1.73. The molecule has 1 fully saturated rings.